The first kappa shape index (κ1) is 21.3. The number of aliphatic imine (C=N–C) groups is 1. The molecule has 7 heteroatoms. The minimum atomic E-state index is 0. The highest BCUT2D eigenvalue weighted by atomic mass is 127. The lowest BCUT2D eigenvalue weighted by Gasteiger charge is -2.37. The molecule has 0 aliphatic carbocycles. The van der Waals surface area contributed by atoms with Crippen LogP contribution in [-0.2, 0) is 16.0 Å². The van der Waals surface area contributed by atoms with Gasteiger partial charge < -0.3 is 19.7 Å². The number of nitrogens with one attached hydrogen (secondary N) is 1. The Labute approximate surface area is 183 Å². The Kier molecular flexibility index (Phi) is 7.87. The van der Waals surface area contributed by atoms with Crippen LogP contribution in [0.5, 0.6) is 0 Å². The molecule has 2 aliphatic heterocycles. The second-order valence-corrected chi connectivity index (χ2v) is 7.06. The summed E-state index contributed by atoms with van der Waals surface area (Å²) in [6.45, 7) is 6.73. The molecule has 4 rings (SSSR count). The zero-order valence-electron chi connectivity index (χ0n) is 16.3. The first-order chi connectivity index (χ1) is 13.3. The monoisotopic (exact) mass is 496 g/mol. The predicted molar refractivity (Wildman–Crippen MR) is 122 cm³/mol. The number of rotatable bonds is 4. The molecule has 0 spiro atoms. The summed E-state index contributed by atoms with van der Waals surface area (Å²) in [6.07, 6.45) is 4.43. The zero-order valence-corrected chi connectivity index (χ0v) is 18.7. The van der Waals surface area contributed by atoms with Gasteiger partial charge >= 0.3 is 0 Å². The second kappa shape index (κ2) is 10.4. The van der Waals surface area contributed by atoms with Crippen molar-refractivity contribution in [1.82, 2.24) is 15.2 Å². The predicted octanol–water partition coefficient (Wildman–Crippen LogP) is 3.20. The maximum atomic E-state index is 5.98. The molecule has 2 atom stereocenters. The van der Waals surface area contributed by atoms with Gasteiger partial charge in [-0.1, -0.05) is 24.3 Å². The van der Waals surface area contributed by atoms with E-state index in [0.717, 1.165) is 50.7 Å². The van der Waals surface area contributed by atoms with Gasteiger partial charge in [0, 0.05) is 37.8 Å². The minimum Gasteiger partial charge on any atom is -0.375 e. The fourth-order valence-electron chi connectivity index (χ4n) is 3.87. The van der Waals surface area contributed by atoms with Crippen LogP contribution in [0.2, 0.25) is 0 Å². The van der Waals surface area contributed by atoms with Crippen molar-refractivity contribution < 1.29 is 9.47 Å². The first-order valence-electron chi connectivity index (χ1n) is 9.94. The van der Waals surface area contributed by atoms with E-state index in [4.69, 9.17) is 14.5 Å². The highest BCUT2D eigenvalue weighted by Gasteiger charge is 2.32. The van der Waals surface area contributed by atoms with E-state index >= 15 is 0 Å². The molecule has 152 valence electrons. The van der Waals surface area contributed by atoms with Gasteiger partial charge in [0.2, 0.25) is 0 Å². The van der Waals surface area contributed by atoms with Crippen molar-refractivity contribution in [2.45, 2.75) is 38.5 Å². The van der Waals surface area contributed by atoms with E-state index in [9.17, 15) is 0 Å². The van der Waals surface area contributed by atoms with Crippen molar-refractivity contribution in [3.63, 3.8) is 0 Å². The van der Waals surface area contributed by atoms with Crippen LogP contribution in [-0.4, -0.2) is 60.9 Å². The Bertz CT molecular complexity index is 790. The minimum absolute atomic E-state index is 0. The number of aromatic nitrogens is 1. The van der Waals surface area contributed by atoms with Crippen molar-refractivity contribution in [1.29, 1.82) is 0 Å². The normalized spacial score (nSPS) is 22.9. The van der Waals surface area contributed by atoms with E-state index in [1.54, 1.807) is 0 Å². The van der Waals surface area contributed by atoms with Crippen molar-refractivity contribution >= 4 is 40.7 Å². The molecule has 1 aromatic carbocycles. The Hall–Kier alpha value is -1.45. The molecule has 0 saturated carbocycles. The average Bonchev–Trinajstić information content (AvgIpc) is 3.26. The van der Waals surface area contributed by atoms with Gasteiger partial charge in [-0.2, -0.15) is 0 Å². The Morgan fingerprint density at radius 3 is 2.89 bits per heavy atom. The number of hydrogen-bond donors (Lipinski definition) is 1. The topological polar surface area (TPSA) is 59.0 Å². The molecule has 3 heterocycles. The molecule has 2 saturated heterocycles. The fraction of sp³-hybridized carbons (Fsp3) is 0.524. The molecule has 28 heavy (non-hydrogen) atoms. The molecular weight excluding hydrogens is 467 g/mol. The summed E-state index contributed by atoms with van der Waals surface area (Å²) in [5.74, 6) is 0.929. The summed E-state index contributed by atoms with van der Waals surface area (Å²) in [7, 11) is 0. The Balaban J connectivity index is 0.00000225. The van der Waals surface area contributed by atoms with Crippen molar-refractivity contribution in [3.8, 4) is 0 Å². The highest BCUT2D eigenvalue weighted by Crippen LogP contribution is 2.21. The number of halogens is 1. The van der Waals surface area contributed by atoms with Crippen LogP contribution in [0.3, 0.4) is 0 Å². The van der Waals surface area contributed by atoms with Crippen molar-refractivity contribution in [3.05, 3.63) is 42.2 Å². The Morgan fingerprint density at radius 2 is 2.07 bits per heavy atom. The van der Waals surface area contributed by atoms with Crippen LogP contribution in [0.1, 0.15) is 25.5 Å². The molecule has 0 bridgehead atoms. The van der Waals surface area contributed by atoms with Gasteiger partial charge in [0.1, 0.15) is 6.10 Å². The second-order valence-electron chi connectivity index (χ2n) is 7.06. The number of guanidine groups is 1. The maximum absolute atomic E-state index is 5.98. The number of pyridine rings is 1. The van der Waals surface area contributed by atoms with Gasteiger partial charge in [-0.15, -0.1) is 24.0 Å². The maximum Gasteiger partial charge on any atom is 0.194 e. The van der Waals surface area contributed by atoms with Crippen LogP contribution in [0.4, 0.5) is 0 Å². The summed E-state index contributed by atoms with van der Waals surface area (Å²) >= 11 is 0. The average molecular weight is 496 g/mol. The molecule has 2 aliphatic rings. The lowest BCUT2D eigenvalue weighted by Crippen LogP contribution is -2.53. The SMILES string of the molecule is CCNC(=NCc1nccc2ccccc12)N1CCOC(C2CCCO2)C1.I. The number of nitrogens with zero attached hydrogens (tertiary/aromatic N) is 3. The number of morpholine rings is 1. The smallest absolute Gasteiger partial charge is 0.194 e. The molecular formula is C21H29IN4O2. The molecule has 2 fully saturated rings. The molecule has 0 radical (unpaired) electrons. The van der Waals surface area contributed by atoms with Crippen LogP contribution in [0.15, 0.2) is 41.5 Å². The summed E-state index contributed by atoms with van der Waals surface area (Å²) in [5.41, 5.74) is 1.01. The number of ether oxygens (including phenoxy) is 2. The van der Waals surface area contributed by atoms with Crippen molar-refractivity contribution in [2.24, 2.45) is 4.99 Å². The first-order valence-corrected chi connectivity index (χ1v) is 9.94. The third kappa shape index (κ3) is 4.93. The van der Waals surface area contributed by atoms with Crippen molar-refractivity contribution in [2.75, 3.05) is 32.8 Å². The summed E-state index contributed by atoms with van der Waals surface area (Å²) in [4.78, 5) is 11.8. The van der Waals surface area contributed by atoms with E-state index in [-0.39, 0.29) is 36.2 Å². The molecule has 0 amide bonds. The number of benzene rings is 1. The highest BCUT2D eigenvalue weighted by molar-refractivity contribution is 14.0. The molecule has 2 aromatic rings. The zero-order chi connectivity index (χ0) is 18.5. The number of hydrogen-bond acceptors (Lipinski definition) is 4. The quantitative estimate of drug-likeness (QED) is 0.401. The summed E-state index contributed by atoms with van der Waals surface area (Å²) in [6, 6.07) is 10.4. The largest absolute Gasteiger partial charge is 0.375 e. The molecule has 6 nitrogen and oxygen atoms in total. The third-order valence-corrected chi connectivity index (χ3v) is 5.24. The van der Waals surface area contributed by atoms with E-state index in [1.165, 1.54) is 10.8 Å². The van der Waals surface area contributed by atoms with Gasteiger partial charge in [-0.25, -0.2) is 4.99 Å². The van der Waals surface area contributed by atoms with E-state index in [2.05, 4.69) is 46.4 Å². The standard InChI is InChI=1S/C21H28N4O2.HI/c1-2-22-21(25-11-13-27-20(15-25)19-8-5-12-26-19)24-14-18-17-7-4-3-6-16(17)9-10-23-18;/h3-4,6-7,9-10,19-20H,2,5,8,11-15H2,1H3,(H,22,24);1H. The van der Waals surface area contributed by atoms with Crippen LogP contribution < -0.4 is 5.32 Å². The lowest BCUT2D eigenvalue weighted by atomic mass is 10.1. The van der Waals surface area contributed by atoms with E-state index in [1.807, 2.05) is 12.3 Å². The van der Waals surface area contributed by atoms with Crippen LogP contribution in [0.25, 0.3) is 10.8 Å². The van der Waals surface area contributed by atoms with E-state index in [0.29, 0.717) is 13.2 Å². The van der Waals surface area contributed by atoms with Gasteiger partial charge in [0.15, 0.2) is 5.96 Å². The molecule has 2 unspecified atom stereocenters. The molecule has 1 N–H and O–H groups in total. The van der Waals surface area contributed by atoms with Gasteiger partial charge in [0.25, 0.3) is 0 Å². The van der Waals surface area contributed by atoms with E-state index < -0.39 is 0 Å². The van der Waals surface area contributed by atoms with Gasteiger partial charge in [0.05, 0.1) is 24.9 Å². The Morgan fingerprint density at radius 1 is 1.21 bits per heavy atom. The molecule has 1 aromatic heterocycles. The third-order valence-electron chi connectivity index (χ3n) is 5.24. The van der Waals surface area contributed by atoms with Crippen LogP contribution in [0, 0.1) is 0 Å². The van der Waals surface area contributed by atoms with Crippen LogP contribution >= 0.6 is 24.0 Å². The lowest BCUT2D eigenvalue weighted by molar-refractivity contribution is -0.0817. The fourth-order valence-corrected chi connectivity index (χ4v) is 3.87. The summed E-state index contributed by atoms with van der Waals surface area (Å²) in [5, 5.41) is 5.80. The van der Waals surface area contributed by atoms with Gasteiger partial charge in [-0.05, 0) is 31.2 Å². The number of fused-ring (bicyclic) bond motifs is 1. The summed E-state index contributed by atoms with van der Waals surface area (Å²) < 4.78 is 11.8. The van der Waals surface area contributed by atoms with Gasteiger partial charge in [-0.3, -0.25) is 4.98 Å².